The van der Waals surface area contributed by atoms with Gasteiger partial charge in [-0.25, -0.2) is 14.4 Å². The Bertz CT molecular complexity index is 892. The van der Waals surface area contributed by atoms with Gasteiger partial charge < -0.3 is 11.1 Å². The van der Waals surface area contributed by atoms with Gasteiger partial charge in [-0.2, -0.15) is 0 Å². The summed E-state index contributed by atoms with van der Waals surface area (Å²) >= 11 is 0. The molecule has 3 aromatic rings. The third kappa shape index (κ3) is 2.92. The lowest BCUT2D eigenvalue weighted by molar-refractivity contribution is 0.619. The lowest BCUT2D eigenvalue weighted by Crippen LogP contribution is -2.09. The maximum Gasteiger partial charge on any atom is 0.220 e. The van der Waals surface area contributed by atoms with Crippen LogP contribution in [0.1, 0.15) is 30.9 Å². The molecular formula is C18H20FN5. The summed E-state index contributed by atoms with van der Waals surface area (Å²) in [5, 5.41) is 4.18. The second kappa shape index (κ2) is 6.49. The Morgan fingerprint density at radius 3 is 2.71 bits per heavy atom. The predicted molar refractivity (Wildman–Crippen MR) is 94.0 cm³/mol. The smallest absolute Gasteiger partial charge is 0.220 e. The molecule has 2 heterocycles. The van der Waals surface area contributed by atoms with E-state index >= 15 is 0 Å². The molecule has 0 bridgehead atoms. The number of hydrogen-bond acceptors (Lipinski definition) is 5. The molecule has 0 aliphatic carbocycles. The van der Waals surface area contributed by atoms with E-state index in [1.807, 2.05) is 31.4 Å². The molecule has 0 fully saturated rings. The fourth-order valence-corrected chi connectivity index (χ4v) is 3.00. The molecule has 0 aliphatic heterocycles. The number of fused-ring (bicyclic) bond motifs is 1. The highest BCUT2D eigenvalue weighted by Gasteiger charge is 2.15. The van der Waals surface area contributed by atoms with E-state index in [9.17, 15) is 4.39 Å². The molecule has 24 heavy (non-hydrogen) atoms. The summed E-state index contributed by atoms with van der Waals surface area (Å²) in [6, 6.07) is 5.63. The van der Waals surface area contributed by atoms with Gasteiger partial charge in [0.2, 0.25) is 5.95 Å². The predicted octanol–water partition coefficient (Wildman–Crippen LogP) is 3.26. The second-order valence-corrected chi connectivity index (χ2v) is 6.04. The number of nitrogen functional groups attached to an aromatic ring is 1. The van der Waals surface area contributed by atoms with Crippen LogP contribution in [0.5, 0.6) is 0 Å². The lowest BCUT2D eigenvalue weighted by atomic mass is 9.92. The monoisotopic (exact) mass is 325 g/mol. The standard InChI is InChI=1S/C18H20FN5/c1-10(2)16-12(7-21-3)8-22-15-5-4-11(6-13(15)16)17-14(19)9-23-18(20)24-17/h4-6,8-10,21H,7H2,1-3H3,(H2,20,23,24). The van der Waals surface area contributed by atoms with E-state index in [0.717, 1.165) is 29.2 Å². The number of aromatic nitrogens is 3. The Morgan fingerprint density at radius 2 is 2.00 bits per heavy atom. The molecule has 3 rings (SSSR count). The number of nitrogens with zero attached hydrogens (tertiary/aromatic N) is 3. The van der Waals surface area contributed by atoms with E-state index in [-0.39, 0.29) is 11.6 Å². The third-order valence-electron chi connectivity index (χ3n) is 3.97. The molecule has 5 nitrogen and oxygen atoms in total. The molecule has 124 valence electrons. The van der Waals surface area contributed by atoms with Gasteiger partial charge in [0.25, 0.3) is 0 Å². The number of nitrogens with two attached hydrogens (primary N) is 1. The van der Waals surface area contributed by atoms with Gasteiger partial charge in [-0.15, -0.1) is 0 Å². The van der Waals surface area contributed by atoms with Crippen LogP contribution in [-0.4, -0.2) is 22.0 Å². The number of pyridine rings is 1. The first-order valence-corrected chi connectivity index (χ1v) is 7.85. The molecule has 1 aromatic carbocycles. The summed E-state index contributed by atoms with van der Waals surface area (Å²) in [5.74, 6) is -0.124. The number of anilines is 1. The van der Waals surface area contributed by atoms with E-state index < -0.39 is 5.82 Å². The highest BCUT2D eigenvalue weighted by molar-refractivity contribution is 5.88. The molecule has 0 saturated heterocycles. The molecule has 6 heteroatoms. The van der Waals surface area contributed by atoms with Crippen molar-refractivity contribution < 1.29 is 4.39 Å². The van der Waals surface area contributed by atoms with Gasteiger partial charge in [0.1, 0.15) is 5.69 Å². The second-order valence-electron chi connectivity index (χ2n) is 6.04. The van der Waals surface area contributed by atoms with E-state index in [2.05, 4.69) is 34.1 Å². The summed E-state index contributed by atoms with van der Waals surface area (Å²) in [6.07, 6.45) is 3.00. The van der Waals surface area contributed by atoms with E-state index in [1.165, 1.54) is 5.56 Å². The van der Waals surface area contributed by atoms with Gasteiger partial charge in [0.15, 0.2) is 5.82 Å². The number of nitrogens with one attached hydrogen (secondary N) is 1. The fraction of sp³-hybridized carbons (Fsp3) is 0.278. The van der Waals surface area contributed by atoms with Crippen molar-refractivity contribution in [3.05, 3.63) is 47.5 Å². The van der Waals surface area contributed by atoms with Crippen LogP contribution in [0.15, 0.2) is 30.6 Å². The normalized spacial score (nSPS) is 11.4. The van der Waals surface area contributed by atoms with E-state index in [0.29, 0.717) is 11.5 Å². The highest BCUT2D eigenvalue weighted by atomic mass is 19.1. The Kier molecular flexibility index (Phi) is 4.40. The molecule has 3 N–H and O–H groups in total. The summed E-state index contributed by atoms with van der Waals surface area (Å²) in [7, 11) is 1.91. The molecule has 0 spiro atoms. The van der Waals surface area contributed by atoms with Crippen molar-refractivity contribution >= 4 is 16.9 Å². The quantitative estimate of drug-likeness (QED) is 0.770. The van der Waals surface area contributed by atoms with Crippen LogP contribution in [0.3, 0.4) is 0 Å². The van der Waals surface area contributed by atoms with Crippen LogP contribution in [0.2, 0.25) is 0 Å². The van der Waals surface area contributed by atoms with Crippen molar-refractivity contribution in [2.24, 2.45) is 0 Å². The Hall–Kier alpha value is -2.60. The van der Waals surface area contributed by atoms with Crippen LogP contribution in [0, 0.1) is 5.82 Å². The molecule has 0 amide bonds. The Labute approximate surface area is 140 Å². The van der Waals surface area contributed by atoms with Gasteiger partial charge in [0.05, 0.1) is 11.7 Å². The fourth-order valence-electron chi connectivity index (χ4n) is 3.00. The minimum Gasteiger partial charge on any atom is -0.368 e. The molecular weight excluding hydrogens is 305 g/mol. The first-order chi connectivity index (χ1) is 11.5. The zero-order chi connectivity index (χ0) is 17.3. The summed E-state index contributed by atoms with van der Waals surface area (Å²) in [6.45, 7) is 5.02. The van der Waals surface area contributed by atoms with Crippen molar-refractivity contribution in [3.8, 4) is 11.3 Å². The first kappa shape index (κ1) is 16.3. The van der Waals surface area contributed by atoms with E-state index in [1.54, 1.807) is 0 Å². The largest absolute Gasteiger partial charge is 0.368 e. The molecule has 0 radical (unpaired) electrons. The number of halogens is 1. The molecule has 0 unspecified atom stereocenters. The summed E-state index contributed by atoms with van der Waals surface area (Å²) < 4.78 is 14.1. The maximum atomic E-state index is 14.1. The zero-order valence-corrected chi connectivity index (χ0v) is 14.0. The third-order valence-corrected chi connectivity index (χ3v) is 3.97. The maximum absolute atomic E-state index is 14.1. The van der Waals surface area contributed by atoms with Crippen LogP contribution >= 0.6 is 0 Å². The van der Waals surface area contributed by atoms with Gasteiger partial charge in [-0.1, -0.05) is 19.9 Å². The minimum absolute atomic E-state index is 0.0534. The molecule has 0 aliphatic rings. The molecule has 0 atom stereocenters. The van der Waals surface area contributed by atoms with E-state index in [4.69, 9.17) is 5.73 Å². The minimum atomic E-state index is -0.492. The van der Waals surface area contributed by atoms with Crippen molar-refractivity contribution in [2.45, 2.75) is 26.3 Å². The summed E-state index contributed by atoms with van der Waals surface area (Å²) in [4.78, 5) is 12.3. The van der Waals surface area contributed by atoms with Crippen LogP contribution < -0.4 is 11.1 Å². The average molecular weight is 325 g/mol. The first-order valence-electron chi connectivity index (χ1n) is 7.85. The topological polar surface area (TPSA) is 76.7 Å². The van der Waals surface area contributed by atoms with Gasteiger partial charge in [-0.3, -0.25) is 4.98 Å². The van der Waals surface area contributed by atoms with Crippen LogP contribution in [-0.2, 0) is 6.54 Å². The number of hydrogen-bond donors (Lipinski definition) is 2. The number of benzene rings is 1. The summed E-state index contributed by atoms with van der Waals surface area (Å²) in [5.41, 5.74) is 9.71. The van der Waals surface area contributed by atoms with Gasteiger partial charge >= 0.3 is 0 Å². The molecule has 2 aromatic heterocycles. The highest BCUT2D eigenvalue weighted by Crippen LogP contribution is 2.31. The zero-order valence-electron chi connectivity index (χ0n) is 14.0. The van der Waals surface area contributed by atoms with Gasteiger partial charge in [0, 0.05) is 23.7 Å². The van der Waals surface area contributed by atoms with Crippen molar-refractivity contribution in [3.63, 3.8) is 0 Å². The number of rotatable bonds is 4. The van der Waals surface area contributed by atoms with Crippen molar-refractivity contribution in [1.29, 1.82) is 0 Å². The Balaban J connectivity index is 2.26. The Morgan fingerprint density at radius 1 is 1.21 bits per heavy atom. The average Bonchev–Trinajstić information content (AvgIpc) is 2.56. The van der Waals surface area contributed by atoms with Crippen molar-refractivity contribution in [2.75, 3.05) is 12.8 Å². The van der Waals surface area contributed by atoms with Crippen LogP contribution in [0.25, 0.3) is 22.2 Å². The van der Waals surface area contributed by atoms with Crippen LogP contribution in [0.4, 0.5) is 10.3 Å². The molecule has 0 saturated carbocycles. The lowest BCUT2D eigenvalue weighted by Gasteiger charge is -2.16. The SMILES string of the molecule is CNCc1cnc2ccc(-c3nc(N)ncc3F)cc2c1C(C)C. The van der Waals surface area contributed by atoms with Crippen molar-refractivity contribution in [1.82, 2.24) is 20.3 Å². The van der Waals surface area contributed by atoms with Gasteiger partial charge in [-0.05, 0) is 36.2 Å².